The van der Waals surface area contributed by atoms with Crippen molar-refractivity contribution >= 4 is 27.6 Å². The van der Waals surface area contributed by atoms with E-state index in [-0.39, 0.29) is 0 Å². The Hall–Kier alpha value is -0.840. The molecule has 2 unspecified atom stereocenters. The molecule has 1 aliphatic carbocycles. The number of nitrogens with one attached hydrogen (secondary N) is 2. The van der Waals surface area contributed by atoms with Crippen molar-refractivity contribution in [3.8, 4) is 0 Å². The van der Waals surface area contributed by atoms with Crippen molar-refractivity contribution in [2.75, 3.05) is 17.7 Å². The minimum Gasteiger partial charge on any atom is -0.372 e. The standard InChI is InChI=1S/C13H21BrN4/c1-3-9-5-4-6-10(7-9)18-13-11(14)12(15-2)16-8-17-13/h8-10H,3-7H2,1-2H3,(H2,15,16,17,18). The van der Waals surface area contributed by atoms with Crippen LogP contribution in [0.25, 0.3) is 0 Å². The van der Waals surface area contributed by atoms with E-state index in [1.165, 1.54) is 32.1 Å². The number of hydrogen-bond donors (Lipinski definition) is 2. The summed E-state index contributed by atoms with van der Waals surface area (Å²) in [5.41, 5.74) is 0. The Morgan fingerprint density at radius 1 is 1.33 bits per heavy atom. The van der Waals surface area contributed by atoms with Gasteiger partial charge in [0.05, 0.1) is 0 Å². The lowest BCUT2D eigenvalue weighted by Crippen LogP contribution is -2.27. The highest BCUT2D eigenvalue weighted by Gasteiger charge is 2.21. The first-order chi connectivity index (χ1) is 8.74. The van der Waals surface area contributed by atoms with Crippen molar-refractivity contribution in [3.63, 3.8) is 0 Å². The summed E-state index contributed by atoms with van der Waals surface area (Å²) in [6, 6.07) is 0.541. The third-order valence-corrected chi connectivity index (χ3v) is 4.48. The second-order valence-electron chi connectivity index (χ2n) is 4.92. The van der Waals surface area contributed by atoms with Gasteiger partial charge < -0.3 is 10.6 Å². The van der Waals surface area contributed by atoms with Crippen molar-refractivity contribution in [3.05, 3.63) is 10.8 Å². The summed E-state index contributed by atoms with van der Waals surface area (Å²) < 4.78 is 0.922. The summed E-state index contributed by atoms with van der Waals surface area (Å²) in [5, 5.41) is 6.61. The van der Waals surface area contributed by atoms with Crippen LogP contribution in [0.2, 0.25) is 0 Å². The first-order valence-corrected chi connectivity index (χ1v) is 7.48. The summed E-state index contributed by atoms with van der Waals surface area (Å²) in [7, 11) is 1.87. The van der Waals surface area contributed by atoms with E-state index in [1.807, 2.05) is 7.05 Å². The van der Waals surface area contributed by atoms with Gasteiger partial charge in [-0.15, -0.1) is 0 Å². The van der Waals surface area contributed by atoms with Crippen LogP contribution in [0.1, 0.15) is 39.0 Å². The maximum absolute atomic E-state index is 4.32. The van der Waals surface area contributed by atoms with Crippen LogP contribution in [0.3, 0.4) is 0 Å². The predicted molar refractivity (Wildman–Crippen MR) is 78.9 cm³/mol. The van der Waals surface area contributed by atoms with E-state index in [0.717, 1.165) is 22.0 Å². The van der Waals surface area contributed by atoms with Crippen LogP contribution in [-0.2, 0) is 0 Å². The van der Waals surface area contributed by atoms with E-state index >= 15 is 0 Å². The molecule has 2 N–H and O–H groups in total. The van der Waals surface area contributed by atoms with Gasteiger partial charge in [-0.1, -0.05) is 26.2 Å². The van der Waals surface area contributed by atoms with Crippen LogP contribution in [0, 0.1) is 5.92 Å². The zero-order valence-corrected chi connectivity index (χ0v) is 12.6. The molecule has 0 aliphatic heterocycles. The molecule has 100 valence electrons. The van der Waals surface area contributed by atoms with E-state index in [0.29, 0.717) is 6.04 Å². The second-order valence-corrected chi connectivity index (χ2v) is 5.71. The molecule has 5 heteroatoms. The highest BCUT2D eigenvalue weighted by atomic mass is 79.9. The van der Waals surface area contributed by atoms with Crippen LogP contribution in [0.5, 0.6) is 0 Å². The molecule has 2 atom stereocenters. The minimum absolute atomic E-state index is 0.541. The smallest absolute Gasteiger partial charge is 0.146 e. The molecule has 2 rings (SSSR count). The Labute approximate surface area is 117 Å². The van der Waals surface area contributed by atoms with E-state index in [4.69, 9.17) is 0 Å². The summed E-state index contributed by atoms with van der Waals surface area (Å²) in [6.45, 7) is 2.28. The molecule has 0 amide bonds. The van der Waals surface area contributed by atoms with Crippen molar-refractivity contribution in [1.29, 1.82) is 0 Å². The first-order valence-electron chi connectivity index (χ1n) is 6.69. The lowest BCUT2D eigenvalue weighted by Gasteiger charge is -2.29. The number of nitrogens with zero attached hydrogens (tertiary/aromatic N) is 2. The summed E-state index contributed by atoms with van der Waals surface area (Å²) in [6.07, 6.45) is 8.06. The fourth-order valence-corrected chi connectivity index (χ4v) is 3.15. The van der Waals surface area contributed by atoms with Crippen LogP contribution in [0.4, 0.5) is 11.6 Å². The molecule has 1 saturated carbocycles. The van der Waals surface area contributed by atoms with Gasteiger partial charge in [-0.05, 0) is 34.7 Å². The van der Waals surface area contributed by atoms with Gasteiger partial charge in [0.2, 0.25) is 0 Å². The monoisotopic (exact) mass is 312 g/mol. The minimum atomic E-state index is 0.541. The lowest BCUT2D eigenvalue weighted by molar-refractivity contribution is 0.327. The van der Waals surface area contributed by atoms with E-state index in [9.17, 15) is 0 Å². The van der Waals surface area contributed by atoms with Gasteiger partial charge >= 0.3 is 0 Å². The molecule has 0 spiro atoms. The van der Waals surface area contributed by atoms with E-state index in [2.05, 4.69) is 43.5 Å². The van der Waals surface area contributed by atoms with Gasteiger partial charge in [0.1, 0.15) is 22.4 Å². The average Bonchev–Trinajstić information content (AvgIpc) is 2.41. The maximum atomic E-state index is 4.32. The molecule has 18 heavy (non-hydrogen) atoms. The topological polar surface area (TPSA) is 49.8 Å². The fraction of sp³-hybridized carbons (Fsp3) is 0.692. The Morgan fingerprint density at radius 2 is 2.11 bits per heavy atom. The molecule has 0 saturated heterocycles. The van der Waals surface area contributed by atoms with E-state index in [1.54, 1.807) is 6.33 Å². The second kappa shape index (κ2) is 6.36. The van der Waals surface area contributed by atoms with Crippen LogP contribution < -0.4 is 10.6 Å². The summed E-state index contributed by atoms with van der Waals surface area (Å²) in [5.74, 6) is 2.59. The van der Waals surface area contributed by atoms with Crippen LogP contribution in [-0.4, -0.2) is 23.1 Å². The Morgan fingerprint density at radius 3 is 2.83 bits per heavy atom. The molecule has 0 radical (unpaired) electrons. The Bertz CT molecular complexity index is 397. The third-order valence-electron chi connectivity index (χ3n) is 3.73. The van der Waals surface area contributed by atoms with Gasteiger partial charge in [0, 0.05) is 13.1 Å². The van der Waals surface area contributed by atoms with Crippen molar-refractivity contribution in [2.45, 2.75) is 45.1 Å². The van der Waals surface area contributed by atoms with Crippen molar-refractivity contribution in [2.24, 2.45) is 5.92 Å². The molecule has 1 aromatic heterocycles. The molecule has 4 nitrogen and oxygen atoms in total. The highest BCUT2D eigenvalue weighted by Crippen LogP contribution is 2.31. The number of halogens is 1. The van der Waals surface area contributed by atoms with Gasteiger partial charge in [0.25, 0.3) is 0 Å². The summed E-state index contributed by atoms with van der Waals surface area (Å²) >= 11 is 3.55. The number of hydrogen-bond acceptors (Lipinski definition) is 4. The largest absolute Gasteiger partial charge is 0.372 e. The third kappa shape index (κ3) is 3.13. The fourth-order valence-electron chi connectivity index (χ4n) is 2.63. The molecule has 1 aliphatic rings. The molecule has 1 heterocycles. The average molecular weight is 313 g/mol. The number of aromatic nitrogens is 2. The lowest BCUT2D eigenvalue weighted by atomic mass is 9.84. The van der Waals surface area contributed by atoms with Crippen molar-refractivity contribution < 1.29 is 0 Å². The summed E-state index contributed by atoms with van der Waals surface area (Å²) in [4.78, 5) is 8.50. The molecule has 0 bridgehead atoms. The van der Waals surface area contributed by atoms with Gasteiger partial charge in [0.15, 0.2) is 0 Å². The maximum Gasteiger partial charge on any atom is 0.146 e. The predicted octanol–water partition coefficient (Wildman–Crippen LogP) is 3.66. The van der Waals surface area contributed by atoms with Crippen LogP contribution in [0.15, 0.2) is 10.8 Å². The molecule has 1 fully saturated rings. The number of anilines is 2. The number of rotatable bonds is 4. The van der Waals surface area contributed by atoms with Crippen LogP contribution >= 0.6 is 15.9 Å². The Balaban J connectivity index is 2.04. The molecule has 0 aromatic carbocycles. The zero-order chi connectivity index (χ0) is 13.0. The Kier molecular flexibility index (Phi) is 4.80. The first kappa shape index (κ1) is 13.6. The SMILES string of the molecule is CCC1CCCC(Nc2ncnc(NC)c2Br)C1. The zero-order valence-electron chi connectivity index (χ0n) is 11.0. The molecular formula is C13H21BrN4. The molecule has 1 aromatic rings. The van der Waals surface area contributed by atoms with Gasteiger partial charge in [-0.25, -0.2) is 9.97 Å². The normalized spacial score (nSPS) is 23.7. The van der Waals surface area contributed by atoms with Gasteiger partial charge in [-0.2, -0.15) is 0 Å². The van der Waals surface area contributed by atoms with Crippen molar-refractivity contribution in [1.82, 2.24) is 9.97 Å². The van der Waals surface area contributed by atoms with E-state index < -0.39 is 0 Å². The molecular weight excluding hydrogens is 292 g/mol. The quantitative estimate of drug-likeness (QED) is 0.890. The van der Waals surface area contributed by atoms with Gasteiger partial charge in [-0.3, -0.25) is 0 Å². The highest BCUT2D eigenvalue weighted by molar-refractivity contribution is 9.10.